The number of ether oxygens (including phenoxy) is 1. The van der Waals surface area contributed by atoms with Crippen molar-refractivity contribution < 1.29 is 9.53 Å². The quantitative estimate of drug-likeness (QED) is 0.836. The van der Waals surface area contributed by atoms with Gasteiger partial charge in [-0.25, -0.2) is 0 Å². The summed E-state index contributed by atoms with van der Waals surface area (Å²) in [4.78, 5) is 12.4. The molecule has 2 rings (SSSR count). The van der Waals surface area contributed by atoms with Gasteiger partial charge in [0.05, 0.1) is 0 Å². The van der Waals surface area contributed by atoms with E-state index in [1.165, 1.54) is 0 Å². The zero-order valence-electron chi connectivity index (χ0n) is 14.4. The number of hydrogen-bond acceptors (Lipinski definition) is 3. The Balaban J connectivity index is 0.00000264. The lowest BCUT2D eigenvalue weighted by Crippen LogP contribution is -2.46. The molecule has 0 radical (unpaired) electrons. The van der Waals surface area contributed by atoms with Crippen LogP contribution in [0.25, 0.3) is 0 Å². The molecule has 23 heavy (non-hydrogen) atoms. The van der Waals surface area contributed by atoms with Crippen LogP contribution in [-0.2, 0) is 4.79 Å². The summed E-state index contributed by atoms with van der Waals surface area (Å²) in [6.07, 6.45) is 2.44. The van der Waals surface area contributed by atoms with Gasteiger partial charge in [-0.05, 0) is 62.4 Å². The Labute approximate surface area is 145 Å². The molecule has 0 bridgehead atoms. The molecular formula is C18H29ClN2O2. The fraction of sp³-hybridized carbons (Fsp3) is 0.611. The maximum atomic E-state index is 12.4. The third kappa shape index (κ3) is 6.04. The van der Waals surface area contributed by atoms with Crippen molar-refractivity contribution in [3.63, 3.8) is 0 Å². The van der Waals surface area contributed by atoms with E-state index in [0.29, 0.717) is 6.42 Å². The van der Waals surface area contributed by atoms with E-state index in [1.54, 1.807) is 0 Å². The highest BCUT2D eigenvalue weighted by Gasteiger charge is 2.28. The molecule has 130 valence electrons. The van der Waals surface area contributed by atoms with Crippen LogP contribution >= 0.6 is 12.4 Å². The largest absolute Gasteiger partial charge is 0.481 e. The Bertz CT molecular complexity index is 502. The van der Waals surface area contributed by atoms with Crippen LogP contribution in [0.1, 0.15) is 38.7 Å². The number of piperidine rings is 1. The standard InChI is InChI=1S/C18H28N2O2.ClH/c1-4-16(22-15-7-5-6-14(2)12-15)17(21)20-13-18(3)8-10-19-11-9-18;/h5-7,12,16,19H,4,8-11,13H2,1-3H3,(H,20,21);1H. The first-order valence-corrected chi connectivity index (χ1v) is 8.24. The first-order chi connectivity index (χ1) is 10.5. The van der Waals surface area contributed by atoms with E-state index in [9.17, 15) is 4.79 Å². The maximum absolute atomic E-state index is 12.4. The molecule has 1 unspecified atom stereocenters. The number of nitrogens with one attached hydrogen (secondary N) is 2. The number of aryl methyl sites for hydroxylation is 1. The van der Waals surface area contributed by atoms with Gasteiger partial charge in [-0.1, -0.05) is 26.0 Å². The summed E-state index contributed by atoms with van der Waals surface area (Å²) < 4.78 is 5.85. The van der Waals surface area contributed by atoms with Crippen molar-refractivity contribution in [3.8, 4) is 5.75 Å². The van der Waals surface area contributed by atoms with Crippen LogP contribution in [0.4, 0.5) is 0 Å². The van der Waals surface area contributed by atoms with Crippen LogP contribution in [0.2, 0.25) is 0 Å². The van der Waals surface area contributed by atoms with Crippen molar-refractivity contribution in [3.05, 3.63) is 29.8 Å². The van der Waals surface area contributed by atoms with Crippen molar-refractivity contribution >= 4 is 18.3 Å². The highest BCUT2D eigenvalue weighted by atomic mass is 35.5. The van der Waals surface area contributed by atoms with Crippen molar-refractivity contribution in [2.75, 3.05) is 19.6 Å². The maximum Gasteiger partial charge on any atom is 0.261 e. The van der Waals surface area contributed by atoms with E-state index in [4.69, 9.17) is 4.74 Å². The number of rotatable bonds is 6. The lowest BCUT2D eigenvalue weighted by molar-refractivity contribution is -0.128. The van der Waals surface area contributed by atoms with Gasteiger partial charge in [0.2, 0.25) is 0 Å². The van der Waals surface area contributed by atoms with E-state index >= 15 is 0 Å². The molecule has 0 aromatic heterocycles. The van der Waals surface area contributed by atoms with Gasteiger partial charge in [0, 0.05) is 6.54 Å². The lowest BCUT2D eigenvalue weighted by atomic mass is 9.81. The molecular weight excluding hydrogens is 312 g/mol. The van der Waals surface area contributed by atoms with E-state index in [-0.39, 0.29) is 23.7 Å². The molecule has 1 aliphatic heterocycles. The third-order valence-electron chi connectivity index (χ3n) is 4.43. The minimum atomic E-state index is -0.424. The number of carbonyl (C=O) groups is 1. The van der Waals surface area contributed by atoms with Gasteiger partial charge < -0.3 is 15.4 Å². The summed E-state index contributed by atoms with van der Waals surface area (Å²) in [5.41, 5.74) is 1.33. The number of amides is 1. The molecule has 0 saturated carbocycles. The Morgan fingerprint density at radius 2 is 2.09 bits per heavy atom. The average molecular weight is 341 g/mol. The molecule has 1 saturated heterocycles. The van der Waals surface area contributed by atoms with Gasteiger partial charge in [-0.3, -0.25) is 4.79 Å². The number of carbonyl (C=O) groups excluding carboxylic acids is 1. The molecule has 1 aromatic rings. The summed E-state index contributed by atoms with van der Waals surface area (Å²) in [5, 5.41) is 6.45. The lowest BCUT2D eigenvalue weighted by Gasteiger charge is -2.34. The highest BCUT2D eigenvalue weighted by molar-refractivity contribution is 5.85. The number of benzene rings is 1. The smallest absolute Gasteiger partial charge is 0.261 e. The van der Waals surface area contributed by atoms with Crippen LogP contribution in [0.3, 0.4) is 0 Å². The molecule has 0 aliphatic carbocycles. The Morgan fingerprint density at radius 1 is 1.39 bits per heavy atom. The second-order valence-electron chi connectivity index (χ2n) is 6.61. The first-order valence-electron chi connectivity index (χ1n) is 8.24. The fourth-order valence-corrected chi connectivity index (χ4v) is 2.80. The molecule has 2 N–H and O–H groups in total. The molecule has 1 fully saturated rings. The summed E-state index contributed by atoms with van der Waals surface area (Å²) in [6, 6.07) is 7.83. The molecule has 1 aliphatic rings. The van der Waals surface area contributed by atoms with Crippen molar-refractivity contribution in [1.29, 1.82) is 0 Å². The highest BCUT2D eigenvalue weighted by Crippen LogP contribution is 2.26. The van der Waals surface area contributed by atoms with Gasteiger partial charge in [-0.15, -0.1) is 12.4 Å². The summed E-state index contributed by atoms with van der Waals surface area (Å²) in [7, 11) is 0. The molecule has 1 heterocycles. The molecule has 1 amide bonds. The van der Waals surface area contributed by atoms with Crippen molar-refractivity contribution in [2.45, 2.75) is 46.1 Å². The Kier molecular flexibility index (Phi) is 7.86. The van der Waals surface area contributed by atoms with Crippen LogP contribution in [0.5, 0.6) is 5.75 Å². The van der Waals surface area contributed by atoms with Gasteiger partial charge in [-0.2, -0.15) is 0 Å². The SMILES string of the molecule is CCC(Oc1cccc(C)c1)C(=O)NCC1(C)CCNCC1.Cl. The van der Waals surface area contributed by atoms with Gasteiger partial charge in [0.25, 0.3) is 5.91 Å². The van der Waals surface area contributed by atoms with E-state index in [2.05, 4.69) is 17.6 Å². The zero-order valence-corrected chi connectivity index (χ0v) is 15.2. The van der Waals surface area contributed by atoms with Gasteiger partial charge >= 0.3 is 0 Å². The fourth-order valence-electron chi connectivity index (χ4n) is 2.80. The van der Waals surface area contributed by atoms with Crippen LogP contribution in [0, 0.1) is 12.3 Å². The number of hydrogen-bond donors (Lipinski definition) is 2. The predicted octanol–water partition coefficient (Wildman–Crippen LogP) is 3.08. The normalized spacial score (nSPS) is 17.7. The topological polar surface area (TPSA) is 50.4 Å². The van der Waals surface area contributed by atoms with Crippen LogP contribution < -0.4 is 15.4 Å². The predicted molar refractivity (Wildman–Crippen MR) is 96.4 cm³/mol. The second kappa shape index (κ2) is 9.14. The monoisotopic (exact) mass is 340 g/mol. The molecule has 1 atom stereocenters. The minimum Gasteiger partial charge on any atom is -0.481 e. The number of halogens is 1. The molecule has 1 aromatic carbocycles. The second-order valence-corrected chi connectivity index (χ2v) is 6.61. The third-order valence-corrected chi connectivity index (χ3v) is 4.43. The van der Waals surface area contributed by atoms with Crippen LogP contribution in [-0.4, -0.2) is 31.6 Å². The average Bonchev–Trinajstić information content (AvgIpc) is 2.51. The Morgan fingerprint density at radius 3 is 2.70 bits per heavy atom. The molecule has 5 heteroatoms. The van der Waals surface area contributed by atoms with Crippen molar-refractivity contribution in [1.82, 2.24) is 10.6 Å². The van der Waals surface area contributed by atoms with Crippen molar-refractivity contribution in [2.24, 2.45) is 5.41 Å². The Hall–Kier alpha value is -1.26. The summed E-state index contributed by atoms with van der Waals surface area (Å²) in [5.74, 6) is 0.749. The van der Waals surface area contributed by atoms with Crippen LogP contribution in [0.15, 0.2) is 24.3 Å². The minimum absolute atomic E-state index is 0. The molecule has 4 nitrogen and oxygen atoms in total. The van der Waals surface area contributed by atoms with E-state index in [0.717, 1.165) is 43.8 Å². The van der Waals surface area contributed by atoms with E-state index in [1.807, 2.05) is 38.1 Å². The van der Waals surface area contributed by atoms with Gasteiger partial charge in [0.15, 0.2) is 6.10 Å². The zero-order chi connectivity index (χ0) is 16.0. The summed E-state index contributed by atoms with van der Waals surface area (Å²) >= 11 is 0. The van der Waals surface area contributed by atoms with Gasteiger partial charge in [0.1, 0.15) is 5.75 Å². The van der Waals surface area contributed by atoms with E-state index < -0.39 is 6.10 Å². The molecule has 0 spiro atoms. The summed E-state index contributed by atoms with van der Waals surface area (Å²) in [6.45, 7) is 9.03. The first kappa shape index (κ1) is 19.8.